The topological polar surface area (TPSA) is 40.9 Å². The van der Waals surface area contributed by atoms with E-state index >= 15 is 0 Å². The first-order chi connectivity index (χ1) is 4.52. The molecule has 2 heteroatoms. The third kappa shape index (κ3) is 3.24. The van der Waals surface area contributed by atoms with Crippen molar-refractivity contribution in [1.82, 2.24) is 0 Å². The van der Waals surface area contributed by atoms with E-state index in [-0.39, 0.29) is 11.3 Å². The van der Waals surface area contributed by atoms with Crippen LogP contribution in [0.3, 0.4) is 0 Å². The van der Waals surface area contributed by atoms with Gasteiger partial charge in [-0.05, 0) is 13.3 Å². The van der Waals surface area contributed by atoms with E-state index in [2.05, 4.69) is 6.07 Å². The van der Waals surface area contributed by atoms with E-state index in [0.717, 1.165) is 6.29 Å². The molecule has 0 aromatic rings. The van der Waals surface area contributed by atoms with Crippen LogP contribution < -0.4 is 0 Å². The van der Waals surface area contributed by atoms with E-state index in [1.807, 2.05) is 20.8 Å². The molecule has 10 heavy (non-hydrogen) atoms. The van der Waals surface area contributed by atoms with Gasteiger partial charge in [-0.3, -0.25) is 0 Å². The third-order valence-electron chi connectivity index (χ3n) is 1.37. The summed E-state index contributed by atoms with van der Waals surface area (Å²) in [5.41, 5.74) is -0.338. The number of nitriles is 1. The molecule has 0 radical (unpaired) electrons. The first-order valence-corrected chi connectivity index (χ1v) is 3.38. The Labute approximate surface area is 61.8 Å². The van der Waals surface area contributed by atoms with Gasteiger partial charge in [0.25, 0.3) is 0 Å². The van der Waals surface area contributed by atoms with Gasteiger partial charge in [-0.1, -0.05) is 13.8 Å². The number of carbonyl (C=O) groups excluding carboxylic acids is 1. The van der Waals surface area contributed by atoms with Crippen LogP contribution in [-0.2, 0) is 4.79 Å². The summed E-state index contributed by atoms with van der Waals surface area (Å²) in [7, 11) is 0. The lowest BCUT2D eigenvalue weighted by Crippen LogP contribution is -2.16. The van der Waals surface area contributed by atoms with Gasteiger partial charge in [-0.2, -0.15) is 5.26 Å². The number of nitrogens with zero attached hydrogens (tertiary/aromatic N) is 1. The number of carbonyl (C=O) groups is 1. The Balaban J connectivity index is 3.90. The molecule has 0 aliphatic rings. The fourth-order valence-electron chi connectivity index (χ4n) is 0.883. The van der Waals surface area contributed by atoms with Gasteiger partial charge >= 0.3 is 0 Å². The molecule has 0 aromatic heterocycles. The second-order valence-electron chi connectivity index (χ2n) is 3.34. The van der Waals surface area contributed by atoms with Crippen LogP contribution in [0.25, 0.3) is 0 Å². The second-order valence-corrected chi connectivity index (χ2v) is 3.34. The van der Waals surface area contributed by atoms with Gasteiger partial charge in [0, 0.05) is 11.3 Å². The molecule has 56 valence electrons. The molecule has 2 nitrogen and oxygen atoms in total. The van der Waals surface area contributed by atoms with Crippen molar-refractivity contribution in [1.29, 1.82) is 5.26 Å². The van der Waals surface area contributed by atoms with E-state index in [0.29, 0.717) is 6.42 Å². The first kappa shape index (κ1) is 9.16. The first-order valence-electron chi connectivity index (χ1n) is 3.38. The summed E-state index contributed by atoms with van der Waals surface area (Å²) in [5, 5.41) is 8.43. The summed E-state index contributed by atoms with van der Waals surface area (Å²) >= 11 is 0. The monoisotopic (exact) mass is 139 g/mol. The molecule has 0 bridgehead atoms. The average molecular weight is 139 g/mol. The Bertz CT molecular complexity index is 155. The molecular formula is C8H13NO. The van der Waals surface area contributed by atoms with Crippen molar-refractivity contribution in [2.24, 2.45) is 11.3 Å². The Morgan fingerprint density at radius 2 is 2.20 bits per heavy atom. The van der Waals surface area contributed by atoms with Crippen LogP contribution in [0.5, 0.6) is 0 Å². The molecule has 0 aliphatic carbocycles. The zero-order valence-corrected chi connectivity index (χ0v) is 6.72. The summed E-state index contributed by atoms with van der Waals surface area (Å²) in [6.07, 6.45) is 1.55. The molecule has 1 atom stereocenters. The molecule has 0 spiro atoms. The minimum absolute atomic E-state index is 0.0276. The fourth-order valence-corrected chi connectivity index (χ4v) is 0.883. The minimum Gasteiger partial charge on any atom is -0.303 e. The van der Waals surface area contributed by atoms with Gasteiger partial charge in [0.2, 0.25) is 0 Å². The second kappa shape index (κ2) is 3.36. The van der Waals surface area contributed by atoms with Crippen molar-refractivity contribution >= 4 is 6.29 Å². The number of aldehydes is 1. The number of hydrogen-bond acceptors (Lipinski definition) is 2. The quantitative estimate of drug-likeness (QED) is 0.559. The van der Waals surface area contributed by atoms with Crippen molar-refractivity contribution in [3.05, 3.63) is 0 Å². The summed E-state index contributed by atoms with van der Waals surface area (Å²) in [5.74, 6) is -0.0276. The summed E-state index contributed by atoms with van der Waals surface area (Å²) in [6, 6.07) is 2.10. The van der Waals surface area contributed by atoms with Crippen LogP contribution in [0.2, 0.25) is 0 Å². The summed E-state index contributed by atoms with van der Waals surface area (Å²) < 4.78 is 0. The van der Waals surface area contributed by atoms with Crippen LogP contribution in [0.1, 0.15) is 27.2 Å². The molecule has 0 aromatic carbocycles. The van der Waals surface area contributed by atoms with Crippen LogP contribution in [0.4, 0.5) is 0 Å². The Morgan fingerprint density at radius 3 is 2.50 bits per heavy atom. The lowest BCUT2D eigenvalue weighted by atomic mass is 9.85. The van der Waals surface area contributed by atoms with Crippen LogP contribution >= 0.6 is 0 Å². The highest BCUT2D eigenvalue weighted by Gasteiger charge is 2.19. The van der Waals surface area contributed by atoms with Crippen molar-refractivity contribution in [3.63, 3.8) is 0 Å². The molecule has 0 amide bonds. The van der Waals surface area contributed by atoms with Gasteiger partial charge in [-0.25, -0.2) is 0 Å². The normalized spacial score (nSPS) is 13.8. The maximum atomic E-state index is 10.4. The lowest BCUT2D eigenvalue weighted by molar-refractivity contribution is -0.115. The van der Waals surface area contributed by atoms with Gasteiger partial charge < -0.3 is 4.79 Å². The van der Waals surface area contributed by atoms with Crippen LogP contribution in [-0.4, -0.2) is 6.29 Å². The fraction of sp³-hybridized carbons (Fsp3) is 0.750. The molecule has 0 saturated heterocycles. The molecule has 0 fully saturated rings. The number of hydrogen-bond donors (Lipinski definition) is 0. The van der Waals surface area contributed by atoms with Crippen LogP contribution in [0.15, 0.2) is 0 Å². The minimum atomic E-state index is -0.338. The maximum Gasteiger partial charge on any atom is 0.125 e. The highest BCUT2D eigenvalue weighted by Crippen LogP contribution is 2.21. The zero-order chi connectivity index (χ0) is 8.20. The molecular weight excluding hydrogens is 126 g/mol. The predicted octanol–water partition coefficient (Wildman–Crippen LogP) is 1.76. The van der Waals surface area contributed by atoms with E-state index in [1.54, 1.807) is 0 Å². The highest BCUT2D eigenvalue weighted by molar-refractivity contribution is 5.57. The Hall–Kier alpha value is -0.840. The average Bonchev–Trinajstić information content (AvgIpc) is 1.87. The van der Waals surface area contributed by atoms with Gasteiger partial charge in [0.15, 0.2) is 0 Å². The van der Waals surface area contributed by atoms with Crippen molar-refractivity contribution in [2.75, 3.05) is 0 Å². The number of rotatable bonds is 3. The van der Waals surface area contributed by atoms with Crippen molar-refractivity contribution in [2.45, 2.75) is 27.2 Å². The largest absolute Gasteiger partial charge is 0.303 e. The zero-order valence-electron chi connectivity index (χ0n) is 6.72. The molecule has 1 unspecified atom stereocenters. The van der Waals surface area contributed by atoms with E-state index in [1.165, 1.54) is 0 Å². The van der Waals surface area contributed by atoms with E-state index in [4.69, 9.17) is 5.26 Å². The van der Waals surface area contributed by atoms with Gasteiger partial charge in [-0.15, -0.1) is 0 Å². The molecule has 0 aliphatic heterocycles. The Morgan fingerprint density at radius 1 is 1.70 bits per heavy atom. The Kier molecular flexibility index (Phi) is 3.08. The van der Waals surface area contributed by atoms with Crippen molar-refractivity contribution in [3.8, 4) is 6.07 Å². The third-order valence-corrected chi connectivity index (χ3v) is 1.37. The molecule has 0 N–H and O–H groups in total. The smallest absolute Gasteiger partial charge is 0.125 e. The molecule has 0 heterocycles. The van der Waals surface area contributed by atoms with Crippen molar-refractivity contribution < 1.29 is 4.79 Å². The van der Waals surface area contributed by atoms with E-state index < -0.39 is 0 Å². The SMILES string of the molecule is CC(C#N)CC(C)(C)C=O. The van der Waals surface area contributed by atoms with Crippen LogP contribution in [0, 0.1) is 22.7 Å². The van der Waals surface area contributed by atoms with Gasteiger partial charge in [0.05, 0.1) is 6.07 Å². The van der Waals surface area contributed by atoms with Gasteiger partial charge in [0.1, 0.15) is 6.29 Å². The summed E-state index contributed by atoms with van der Waals surface area (Å²) in [4.78, 5) is 10.4. The molecule has 0 rings (SSSR count). The standard InChI is InChI=1S/C8H13NO/c1-7(5-9)4-8(2,3)6-10/h6-7H,4H2,1-3H3. The molecule has 0 saturated carbocycles. The predicted molar refractivity (Wildman–Crippen MR) is 39.2 cm³/mol. The maximum absolute atomic E-state index is 10.4. The van der Waals surface area contributed by atoms with E-state index in [9.17, 15) is 4.79 Å². The highest BCUT2D eigenvalue weighted by atomic mass is 16.1. The lowest BCUT2D eigenvalue weighted by Gasteiger charge is -2.16. The summed E-state index contributed by atoms with van der Waals surface area (Å²) in [6.45, 7) is 5.51.